The van der Waals surface area contributed by atoms with Crippen molar-refractivity contribution in [2.24, 2.45) is 23.2 Å². The number of thioether (sulfide) groups is 1. The Balaban J connectivity index is 1.35. The lowest BCUT2D eigenvalue weighted by atomic mass is 9.49. The number of nitrogens with zero attached hydrogens (tertiary/aromatic N) is 2. The van der Waals surface area contributed by atoms with Crippen molar-refractivity contribution in [2.75, 3.05) is 19.3 Å². The Morgan fingerprint density at radius 2 is 1.88 bits per heavy atom. The van der Waals surface area contributed by atoms with Crippen LogP contribution in [0.25, 0.3) is 0 Å². The van der Waals surface area contributed by atoms with Crippen molar-refractivity contribution in [3.8, 4) is 0 Å². The minimum atomic E-state index is 0.139. The van der Waals surface area contributed by atoms with Crippen LogP contribution >= 0.6 is 11.8 Å². The van der Waals surface area contributed by atoms with Crippen LogP contribution in [0.15, 0.2) is 29.4 Å². The van der Waals surface area contributed by atoms with Crippen LogP contribution in [0.2, 0.25) is 0 Å². The van der Waals surface area contributed by atoms with E-state index in [2.05, 4.69) is 0 Å². The molecule has 4 nitrogen and oxygen atoms in total. The molecule has 130 valence electrons. The summed E-state index contributed by atoms with van der Waals surface area (Å²) in [5, 5.41) is 12.3. The molecule has 0 radical (unpaired) electrons. The molecule has 4 saturated carbocycles. The van der Waals surface area contributed by atoms with Crippen molar-refractivity contribution in [3.05, 3.63) is 29.6 Å². The average molecular weight is 346 g/mol. The number of carbonyl (C=O) groups is 1. The lowest BCUT2D eigenvalue weighted by Gasteiger charge is -2.57. The second-order valence-electron chi connectivity index (χ2n) is 8.32. The second kappa shape index (κ2) is 6.25. The van der Waals surface area contributed by atoms with Gasteiger partial charge in [-0.3, -0.25) is 4.79 Å². The smallest absolute Gasteiger partial charge is 0.251 e. The third kappa shape index (κ3) is 3.15. The van der Waals surface area contributed by atoms with Crippen molar-refractivity contribution in [1.82, 2.24) is 4.90 Å². The summed E-state index contributed by atoms with van der Waals surface area (Å²) >= 11 is 1.34. The van der Waals surface area contributed by atoms with Crippen LogP contribution in [0.3, 0.4) is 0 Å². The number of hydrogen-bond donors (Lipinski definition) is 0. The van der Waals surface area contributed by atoms with Gasteiger partial charge in [-0.1, -0.05) is 0 Å². The predicted molar refractivity (Wildman–Crippen MR) is 94.4 cm³/mol. The molecule has 0 N–H and O–H groups in total. The maximum absolute atomic E-state index is 12.5. The molecule has 5 heteroatoms. The first-order valence-electron chi connectivity index (χ1n) is 9.08. The number of rotatable bonds is 5. The molecule has 4 aliphatic rings. The molecular formula is C19H26N2O2S. The summed E-state index contributed by atoms with van der Waals surface area (Å²) in [5.41, 5.74) is 0.384. The zero-order valence-corrected chi connectivity index (χ0v) is 15.1. The Bertz CT molecular complexity index is 598. The van der Waals surface area contributed by atoms with Gasteiger partial charge >= 0.3 is 0 Å². The van der Waals surface area contributed by atoms with Crippen LogP contribution in [0, 0.1) is 28.4 Å². The number of pyridine rings is 1. The Morgan fingerprint density at radius 1 is 1.25 bits per heavy atom. The van der Waals surface area contributed by atoms with Crippen molar-refractivity contribution in [1.29, 1.82) is 0 Å². The monoisotopic (exact) mass is 346 g/mol. The SMILES string of the molecule is CN(CC12CC3CC(CC(C3)C1)C2)C(=O)CSc1cccc[n+]1[O-]. The summed E-state index contributed by atoms with van der Waals surface area (Å²) < 4.78 is 0.830. The highest BCUT2D eigenvalue weighted by molar-refractivity contribution is 7.99. The molecular weight excluding hydrogens is 320 g/mol. The molecule has 0 atom stereocenters. The first-order chi connectivity index (χ1) is 11.5. The fraction of sp³-hybridized carbons (Fsp3) is 0.684. The Kier molecular flexibility index (Phi) is 4.23. The highest BCUT2D eigenvalue weighted by Crippen LogP contribution is 2.60. The van der Waals surface area contributed by atoms with Gasteiger partial charge < -0.3 is 10.1 Å². The van der Waals surface area contributed by atoms with Gasteiger partial charge in [-0.25, -0.2) is 0 Å². The minimum absolute atomic E-state index is 0.139. The topological polar surface area (TPSA) is 47.2 Å². The van der Waals surface area contributed by atoms with E-state index in [1.165, 1.54) is 56.5 Å². The van der Waals surface area contributed by atoms with Gasteiger partial charge in [0.15, 0.2) is 6.20 Å². The highest BCUT2D eigenvalue weighted by atomic mass is 32.2. The van der Waals surface area contributed by atoms with E-state index < -0.39 is 0 Å². The van der Waals surface area contributed by atoms with Gasteiger partial charge in [0.2, 0.25) is 5.91 Å². The molecule has 1 amide bonds. The van der Waals surface area contributed by atoms with E-state index in [4.69, 9.17) is 0 Å². The summed E-state index contributed by atoms with van der Waals surface area (Å²) in [6.07, 6.45) is 9.75. The van der Waals surface area contributed by atoms with E-state index in [1.54, 1.807) is 12.1 Å². The number of carbonyl (C=O) groups excluding carboxylic acids is 1. The second-order valence-corrected chi connectivity index (χ2v) is 9.32. The minimum Gasteiger partial charge on any atom is -0.618 e. The third-order valence-corrected chi connectivity index (χ3v) is 7.30. The summed E-state index contributed by atoms with van der Waals surface area (Å²) in [5.74, 6) is 3.22. The van der Waals surface area contributed by atoms with E-state index in [1.807, 2.05) is 18.0 Å². The molecule has 0 aromatic carbocycles. The predicted octanol–water partition coefficient (Wildman–Crippen LogP) is 3.09. The fourth-order valence-corrected chi connectivity index (χ4v) is 6.70. The van der Waals surface area contributed by atoms with Crippen molar-refractivity contribution < 1.29 is 9.52 Å². The summed E-state index contributed by atoms with van der Waals surface area (Å²) in [6, 6.07) is 5.31. The van der Waals surface area contributed by atoms with Gasteiger partial charge in [-0.15, -0.1) is 0 Å². The van der Waals surface area contributed by atoms with E-state index in [-0.39, 0.29) is 5.91 Å². The first kappa shape index (κ1) is 16.2. The van der Waals surface area contributed by atoms with Crippen molar-refractivity contribution >= 4 is 17.7 Å². The lowest BCUT2D eigenvalue weighted by Crippen LogP contribution is -2.51. The average Bonchev–Trinajstić information content (AvgIpc) is 2.52. The molecule has 1 aromatic rings. The zero-order valence-electron chi connectivity index (χ0n) is 14.3. The molecule has 1 heterocycles. The van der Waals surface area contributed by atoms with Crippen LogP contribution in [0.5, 0.6) is 0 Å². The van der Waals surface area contributed by atoms with Gasteiger partial charge in [0.05, 0.1) is 5.75 Å². The van der Waals surface area contributed by atoms with E-state index in [9.17, 15) is 10.0 Å². The molecule has 5 rings (SSSR count). The summed E-state index contributed by atoms with van der Waals surface area (Å²) in [4.78, 5) is 14.5. The molecule has 0 unspecified atom stereocenters. The largest absolute Gasteiger partial charge is 0.618 e. The maximum atomic E-state index is 12.5. The number of amides is 1. The van der Waals surface area contributed by atoms with Gasteiger partial charge in [0.25, 0.3) is 5.03 Å². The highest BCUT2D eigenvalue weighted by Gasteiger charge is 2.51. The summed E-state index contributed by atoms with van der Waals surface area (Å²) in [6.45, 7) is 0.905. The molecule has 24 heavy (non-hydrogen) atoms. The van der Waals surface area contributed by atoms with Gasteiger partial charge in [-0.05, 0) is 79.5 Å². The van der Waals surface area contributed by atoms with Crippen LogP contribution in [0.4, 0.5) is 0 Å². The van der Waals surface area contributed by atoms with E-state index in [0.29, 0.717) is 16.2 Å². The fourth-order valence-electron chi connectivity index (χ4n) is 5.85. The van der Waals surface area contributed by atoms with Crippen LogP contribution in [0.1, 0.15) is 38.5 Å². The summed E-state index contributed by atoms with van der Waals surface area (Å²) in [7, 11) is 1.94. The zero-order chi connectivity index (χ0) is 16.7. The van der Waals surface area contributed by atoms with Gasteiger partial charge in [-0.2, -0.15) is 4.73 Å². The standard InChI is InChI=1S/C19H26N2O2S/c1-20(17(22)12-24-18-4-2-3-5-21(18)23)13-19-9-14-6-15(10-19)8-16(7-14)11-19/h2-5,14-16H,6-13H2,1H3. The van der Waals surface area contributed by atoms with E-state index >= 15 is 0 Å². The Labute approximate surface area is 148 Å². The molecule has 4 aliphatic carbocycles. The molecule has 0 aliphatic heterocycles. The lowest BCUT2D eigenvalue weighted by molar-refractivity contribution is -0.645. The number of aromatic nitrogens is 1. The Morgan fingerprint density at radius 3 is 2.46 bits per heavy atom. The van der Waals surface area contributed by atoms with Crippen LogP contribution in [-0.2, 0) is 4.79 Å². The quantitative estimate of drug-likeness (QED) is 0.468. The van der Waals surface area contributed by atoms with E-state index in [0.717, 1.165) is 29.0 Å². The first-order valence-corrected chi connectivity index (χ1v) is 10.1. The molecule has 4 bridgehead atoms. The maximum Gasteiger partial charge on any atom is 0.251 e. The van der Waals surface area contributed by atoms with Crippen molar-refractivity contribution in [3.63, 3.8) is 0 Å². The third-order valence-electron chi connectivity index (χ3n) is 6.30. The molecule has 1 aromatic heterocycles. The van der Waals surface area contributed by atoms with Crippen LogP contribution in [-0.4, -0.2) is 30.2 Å². The normalized spacial score (nSPS) is 33.6. The number of hydrogen-bond acceptors (Lipinski definition) is 3. The van der Waals surface area contributed by atoms with Crippen molar-refractivity contribution in [2.45, 2.75) is 43.6 Å². The Hall–Kier alpha value is -1.23. The van der Waals surface area contributed by atoms with Crippen LogP contribution < -0.4 is 4.73 Å². The molecule has 0 spiro atoms. The molecule has 4 fully saturated rings. The molecule has 0 saturated heterocycles. The van der Waals surface area contributed by atoms with Gasteiger partial charge in [0, 0.05) is 25.7 Å². The van der Waals surface area contributed by atoms with Gasteiger partial charge in [0.1, 0.15) is 0 Å².